The van der Waals surface area contributed by atoms with Crippen LogP contribution < -0.4 is 15.4 Å². The molecule has 0 aliphatic rings. The zero-order chi connectivity index (χ0) is 17.2. The second-order valence-electron chi connectivity index (χ2n) is 5.43. The van der Waals surface area contributed by atoms with E-state index in [0.29, 0.717) is 6.54 Å². The van der Waals surface area contributed by atoms with Gasteiger partial charge < -0.3 is 15.4 Å². The molecule has 1 aromatic carbocycles. The summed E-state index contributed by atoms with van der Waals surface area (Å²) in [6.07, 6.45) is 4.25. The first kappa shape index (κ1) is 17.8. The van der Waals surface area contributed by atoms with Crippen molar-refractivity contribution in [3.8, 4) is 11.4 Å². The predicted molar refractivity (Wildman–Crippen MR) is 97.8 cm³/mol. The zero-order valence-corrected chi connectivity index (χ0v) is 14.7. The van der Waals surface area contributed by atoms with Crippen molar-refractivity contribution in [1.29, 1.82) is 0 Å². The molecule has 0 aliphatic carbocycles. The van der Waals surface area contributed by atoms with E-state index in [9.17, 15) is 0 Å². The first-order valence-corrected chi connectivity index (χ1v) is 8.48. The molecule has 1 aromatic heterocycles. The van der Waals surface area contributed by atoms with E-state index in [2.05, 4.69) is 34.6 Å². The van der Waals surface area contributed by atoms with E-state index >= 15 is 0 Å². The van der Waals surface area contributed by atoms with Crippen LogP contribution in [0.25, 0.3) is 5.69 Å². The number of ether oxygens (including phenoxy) is 1. The zero-order valence-electron chi connectivity index (χ0n) is 14.7. The van der Waals surface area contributed by atoms with Gasteiger partial charge in [0.2, 0.25) is 0 Å². The number of nitrogens with zero attached hydrogens (tertiary/aromatic N) is 3. The van der Waals surface area contributed by atoms with Crippen LogP contribution in [0.1, 0.15) is 32.4 Å². The lowest BCUT2D eigenvalue weighted by Crippen LogP contribution is -2.37. The molecule has 0 spiro atoms. The summed E-state index contributed by atoms with van der Waals surface area (Å²) in [5.41, 5.74) is 1.93. The summed E-state index contributed by atoms with van der Waals surface area (Å²) in [6.45, 7) is 6.57. The summed E-state index contributed by atoms with van der Waals surface area (Å²) in [5, 5.41) is 11.2. The molecule has 6 nitrogen and oxygen atoms in total. The van der Waals surface area contributed by atoms with Gasteiger partial charge in [-0.15, -0.1) is 0 Å². The fourth-order valence-corrected chi connectivity index (χ4v) is 2.21. The van der Waals surface area contributed by atoms with E-state index in [1.54, 1.807) is 7.11 Å². The third-order valence-corrected chi connectivity index (χ3v) is 3.55. The van der Waals surface area contributed by atoms with Crippen molar-refractivity contribution in [3.63, 3.8) is 0 Å². The molecule has 0 unspecified atom stereocenters. The molecule has 2 rings (SSSR count). The van der Waals surface area contributed by atoms with Crippen molar-refractivity contribution in [1.82, 2.24) is 20.4 Å². The fraction of sp³-hybridized carbons (Fsp3) is 0.444. The quantitative estimate of drug-likeness (QED) is 0.444. The Morgan fingerprint density at radius 2 is 1.96 bits per heavy atom. The summed E-state index contributed by atoms with van der Waals surface area (Å²) in [4.78, 5) is 4.59. The molecule has 0 radical (unpaired) electrons. The average Bonchev–Trinajstić information content (AvgIpc) is 3.09. The average molecular weight is 329 g/mol. The summed E-state index contributed by atoms with van der Waals surface area (Å²) in [5.74, 6) is 1.68. The van der Waals surface area contributed by atoms with Gasteiger partial charge >= 0.3 is 0 Å². The molecule has 6 heteroatoms. The summed E-state index contributed by atoms with van der Waals surface area (Å²) in [7, 11) is 1.66. The Hall–Kier alpha value is -2.50. The molecular formula is C18H27N5O. The number of hydrogen-bond donors (Lipinski definition) is 2. The van der Waals surface area contributed by atoms with Gasteiger partial charge in [-0.2, -0.15) is 5.10 Å². The minimum atomic E-state index is 0.546. The van der Waals surface area contributed by atoms with Crippen molar-refractivity contribution in [3.05, 3.63) is 42.2 Å². The lowest BCUT2D eigenvalue weighted by molar-refractivity contribution is 0.414. The van der Waals surface area contributed by atoms with Gasteiger partial charge in [0.05, 0.1) is 25.0 Å². The van der Waals surface area contributed by atoms with Crippen LogP contribution >= 0.6 is 0 Å². The lowest BCUT2D eigenvalue weighted by Gasteiger charge is -2.10. The maximum absolute atomic E-state index is 5.18. The number of aromatic nitrogens is 2. The lowest BCUT2D eigenvalue weighted by atomic mass is 10.3. The third-order valence-electron chi connectivity index (χ3n) is 3.55. The van der Waals surface area contributed by atoms with Gasteiger partial charge in [0.25, 0.3) is 0 Å². The van der Waals surface area contributed by atoms with E-state index in [4.69, 9.17) is 4.74 Å². The number of nitrogens with one attached hydrogen (secondary N) is 2. The number of guanidine groups is 1. The molecular weight excluding hydrogens is 302 g/mol. The Bertz CT molecular complexity index is 633. The number of methoxy groups -OCH3 is 1. The molecule has 0 aliphatic heterocycles. The van der Waals surface area contributed by atoms with Crippen molar-refractivity contribution < 1.29 is 4.74 Å². The van der Waals surface area contributed by atoms with Gasteiger partial charge in [-0.1, -0.05) is 13.3 Å². The molecule has 0 bridgehead atoms. The van der Waals surface area contributed by atoms with E-state index in [1.165, 1.54) is 6.42 Å². The van der Waals surface area contributed by atoms with Gasteiger partial charge in [-0.3, -0.25) is 0 Å². The van der Waals surface area contributed by atoms with E-state index in [-0.39, 0.29) is 0 Å². The molecule has 0 atom stereocenters. The molecule has 1 heterocycles. The maximum Gasteiger partial charge on any atom is 0.191 e. The number of unbranched alkanes of at least 4 members (excludes halogenated alkanes) is 1. The third kappa shape index (κ3) is 5.30. The minimum absolute atomic E-state index is 0.546. The number of rotatable bonds is 8. The number of aliphatic imine (C=N–C) groups is 1. The highest BCUT2D eigenvalue weighted by Crippen LogP contribution is 2.14. The van der Waals surface area contributed by atoms with Crippen LogP contribution in [-0.4, -0.2) is 35.9 Å². The first-order chi connectivity index (χ1) is 11.8. The van der Waals surface area contributed by atoms with Crippen LogP contribution in [0.5, 0.6) is 5.75 Å². The van der Waals surface area contributed by atoms with Crippen molar-refractivity contribution in [2.24, 2.45) is 4.99 Å². The van der Waals surface area contributed by atoms with Crippen LogP contribution in [0.3, 0.4) is 0 Å². The Labute approximate surface area is 143 Å². The molecule has 0 fully saturated rings. The highest BCUT2D eigenvalue weighted by Gasteiger charge is 2.02. The molecule has 130 valence electrons. The van der Waals surface area contributed by atoms with Crippen molar-refractivity contribution >= 4 is 5.96 Å². The minimum Gasteiger partial charge on any atom is -0.497 e. The van der Waals surface area contributed by atoms with Crippen molar-refractivity contribution in [2.45, 2.75) is 33.2 Å². The molecule has 0 saturated carbocycles. The van der Waals surface area contributed by atoms with Gasteiger partial charge in [0, 0.05) is 19.3 Å². The Morgan fingerprint density at radius 3 is 2.62 bits per heavy atom. The molecule has 0 saturated heterocycles. The molecule has 2 N–H and O–H groups in total. The van der Waals surface area contributed by atoms with Crippen molar-refractivity contribution in [2.75, 3.05) is 20.2 Å². The molecule has 0 amide bonds. The largest absolute Gasteiger partial charge is 0.497 e. The van der Waals surface area contributed by atoms with Crippen LogP contribution in [0, 0.1) is 0 Å². The van der Waals surface area contributed by atoms with E-state index in [1.807, 2.05) is 41.2 Å². The molecule has 2 aromatic rings. The van der Waals surface area contributed by atoms with Crippen LogP contribution in [0.4, 0.5) is 0 Å². The summed E-state index contributed by atoms with van der Waals surface area (Å²) in [6, 6.07) is 9.80. The smallest absolute Gasteiger partial charge is 0.191 e. The van der Waals surface area contributed by atoms with E-state index < -0.39 is 0 Å². The highest BCUT2D eigenvalue weighted by molar-refractivity contribution is 5.79. The molecule has 24 heavy (non-hydrogen) atoms. The first-order valence-electron chi connectivity index (χ1n) is 8.48. The highest BCUT2D eigenvalue weighted by atomic mass is 16.5. The van der Waals surface area contributed by atoms with Gasteiger partial charge in [0.1, 0.15) is 5.75 Å². The maximum atomic E-state index is 5.18. The monoisotopic (exact) mass is 329 g/mol. The SMILES string of the molecule is CCCCNC(=NCc1ccn(-c2ccc(OC)cc2)n1)NCC. The predicted octanol–water partition coefficient (Wildman–Crippen LogP) is 2.74. The normalized spacial score (nSPS) is 11.4. The van der Waals surface area contributed by atoms with Crippen LogP contribution in [0.15, 0.2) is 41.5 Å². The fourth-order valence-electron chi connectivity index (χ4n) is 2.21. The second-order valence-corrected chi connectivity index (χ2v) is 5.43. The summed E-state index contributed by atoms with van der Waals surface area (Å²) < 4.78 is 7.03. The standard InChI is InChI=1S/C18H27N5O/c1-4-6-12-20-18(19-5-2)21-14-15-11-13-23(22-15)16-7-9-17(24-3)10-8-16/h7-11,13H,4-6,12,14H2,1-3H3,(H2,19,20,21). The van der Waals surface area contributed by atoms with Gasteiger partial charge in [-0.05, 0) is 43.7 Å². The summed E-state index contributed by atoms with van der Waals surface area (Å²) >= 11 is 0. The van der Waals surface area contributed by atoms with Gasteiger partial charge in [0.15, 0.2) is 5.96 Å². The number of benzene rings is 1. The van der Waals surface area contributed by atoms with E-state index in [0.717, 1.165) is 42.6 Å². The Kier molecular flexibility index (Phi) is 7.14. The Morgan fingerprint density at radius 1 is 1.17 bits per heavy atom. The van der Waals surface area contributed by atoms with Gasteiger partial charge in [-0.25, -0.2) is 9.67 Å². The van der Waals surface area contributed by atoms with Crippen LogP contribution in [0.2, 0.25) is 0 Å². The Balaban J connectivity index is 1.99. The van der Waals surface area contributed by atoms with Crippen LogP contribution in [-0.2, 0) is 6.54 Å². The number of hydrogen-bond acceptors (Lipinski definition) is 3. The second kappa shape index (κ2) is 9.60. The topological polar surface area (TPSA) is 63.5 Å².